The fraction of sp³-hybridized carbons (Fsp3) is 0.167. The maximum Gasteiger partial charge on any atom is 0.161 e. The molecule has 0 unspecified atom stereocenters. The van der Waals surface area contributed by atoms with Gasteiger partial charge < -0.3 is 14.2 Å². The Morgan fingerprint density at radius 1 is 0.909 bits per heavy atom. The summed E-state index contributed by atoms with van der Waals surface area (Å²) in [5.41, 5.74) is 2.12. The predicted molar refractivity (Wildman–Crippen MR) is 86.0 cm³/mol. The Morgan fingerprint density at radius 3 is 2.23 bits per heavy atom. The van der Waals surface area contributed by atoms with E-state index in [9.17, 15) is 5.26 Å². The number of rotatable bonds is 5. The molecule has 0 aliphatic rings. The minimum Gasteiger partial charge on any atom is -0.496 e. The van der Waals surface area contributed by atoms with E-state index >= 15 is 0 Å². The van der Waals surface area contributed by atoms with Gasteiger partial charge in [0, 0.05) is 5.56 Å². The van der Waals surface area contributed by atoms with Crippen LogP contribution in [-0.2, 0) is 0 Å². The van der Waals surface area contributed by atoms with Gasteiger partial charge in [0.05, 0.1) is 33.0 Å². The van der Waals surface area contributed by atoms with Crippen LogP contribution in [0.2, 0.25) is 0 Å². The second-order valence-electron chi connectivity index (χ2n) is 4.48. The van der Waals surface area contributed by atoms with Crippen molar-refractivity contribution < 1.29 is 14.2 Å². The van der Waals surface area contributed by atoms with Gasteiger partial charge in [0.2, 0.25) is 0 Å². The molecule has 0 fully saturated rings. The summed E-state index contributed by atoms with van der Waals surface area (Å²) in [5, 5.41) is 9.46. The number of hydrogen-bond donors (Lipinski definition) is 0. The van der Waals surface area contributed by atoms with E-state index in [-0.39, 0.29) is 0 Å². The molecule has 0 aromatic heterocycles. The van der Waals surface area contributed by atoms with Gasteiger partial charge in [0.15, 0.2) is 11.5 Å². The number of methoxy groups -OCH3 is 3. The van der Waals surface area contributed by atoms with E-state index in [0.717, 1.165) is 16.9 Å². The normalized spacial score (nSPS) is 10.7. The molecular formula is C18H17NO3. The first kappa shape index (κ1) is 15.5. The molecule has 0 spiro atoms. The highest BCUT2D eigenvalue weighted by Crippen LogP contribution is 2.31. The Kier molecular flexibility index (Phi) is 5.05. The standard InChI is InChI=1S/C18H17NO3/c1-20-16-7-5-4-6-14(16)10-15(12-19)13-8-9-17(21-2)18(11-13)22-3/h4-11H,1-3H3/b15-10-. The molecule has 0 bridgehead atoms. The molecule has 0 amide bonds. The number of para-hydroxylation sites is 1. The van der Waals surface area contributed by atoms with Crippen molar-refractivity contribution in [2.75, 3.05) is 21.3 Å². The van der Waals surface area contributed by atoms with E-state index in [2.05, 4.69) is 6.07 Å². The molecule has 0 saturated heterocycles. The van der Waals surface area contributed by atoms with Crippen LogP contribution in [0.5, 0.6) is 17.2 Å². The van der Waals surface area contributed by atoms with Crippen LogP contribution in [0, 0.1) is 11.3 Å². The smallest absolute Gasteiger partial charge is 0.161 e. The van der Waals surface area contributed by atoms with Crippen LogP contribution in [0.4, 0.5) is 0 Å². The number of ether oxygens (including phenoxy) is 3. The third-order valence-electron chi connectivity index (χ3n) is 3.25. The minimum absolute atomic E-state index is 0.519. The van der Waals surface area contributed by atoms with E-state index in [4.69, 9.17) is 14.2 Å². The highest BCUT2D eigenvalue weighted by Gasteiger charge is 2.09. The first-order chi connectivity index (χ1) is 10.7. The topological polar surface area (TPSA) is 51.5 Å². The summed E-state index contributed by atoms with van der Waals surface area (Å²) in [6, 6.07) is 15.1. The van der Waals surface area contributed by atoms with Crippen molar-refractivity contribution in [3.63, 3.8) is 0 Å². The summed E-state index contributed by atoms with van der Waals surface area (Å²) in [4.78, 5) is 0. The quantitative estimate of drug-likeness (QED) is 0.622. The second-order valence-corrected chi connectivity index (χ2v) is 4.48. The van der Waals surface area contributed by atoms with Crippen molar-refractivity contribution in [1.29, 1.82) is 5.26 Å². The molecule has 112 valence electrons. The average molecular weight is 295 g/mol. The fourth-order valence-corrected chi connectivity index (χ4v) is 2.13. The van der Waals surface area contributed by atoms with Crippen molar-refractivity contribution in [3.8, 4) is 23.3 Å². The van der Waals surface area contributed by atoms with Gasteiger partial charge in [-0.25, -0.2) is 0 Å². The summed E-state index contributed by atoms with van der Waals surface area (Å²) in [5.74, 6) is 1.93. The van der Waals surface area contributed by atoms with Gasteiger partial charge in [0.25, 0.3) is 0 Å². The van der Waals surface area contributed by atoms with Gasteiger partial charge in [0.1, 0.15) is 5.75 Å². The van der Waals surface area contributed by atoms with Crippen LogP contribution >= 0.6 is 0 Å². The van der Waals surface area contributed by atoms with Gasteiger partial charge in [-0.2, -0.15) is 5.26 Å². The molecule has 0 N–H and O–H groups in total. The zero-order chi connectivity index (χ0) is 15.9. The van der Waals surface area contributed by atoms with Gasteiger partial charge in [-0.1, -0.05) is 18.2 Å². The molecular weight excluding hydrogens is 278 g/mol. The molecule has 4 nitrogen and oxygen atoms in total. The summed E-state index contributed by atoms with van der Waals surface area (Å²) in [6.07, 6.45) is 1.79. The van der Waals surface area contributed by atoms with Crippen LogP contribution in [0.1, 0.15) is 11.1 Å². The maximum atomic E-state index is 9.46. The molecule has 0 aliphatic heterocycles. The third-order valence-corrected chi connectivity index (χ3v) is 3.25. The number of hydrogen-bond acceptors (Lipinski definition) is 4. The molecule has 0 heterocycles. The van der Waals surface area contributed by atoms with Gasteiger partial charge >= 0.3 is 0 Å². The van der Waals surface area contributed by atoms with Crippen molar-refractivity contribution in [2.45, 2.75) is 0 Å². The van der Waals surface area contributed by atoms with E-state index in [1.165, 1.54) is 0 Å². The SMILES string of the molecule is COc1ccccc1/C=C(/C#N)c1ccc(OC)c(OC)c1. The molecule has 0 aliphatic carbocycles. The lowest BCUT2D eigenvalue weighted by molar-refractivity contribution is 0.355. The summed E-state index contributed by atoms with van der Waals surface area (Å²) in [7, 11) is 4.75. The highest BCUT2D eigenvalue weighted by atomic mass is 16.5. The van der Waals surface area contributed by atoms with Crippen LogP contribution in [-0.4, -0.2) is 21.3 Å². The number of benzene rings is 2. The van der Waals surface area contributed by atoms with Crippen molar-refractivity contribution >= 4 is 11.6 Å². The van der Waals surface area contributed by atoms with E-state index in [1.807, 2.05) is 30.3 Å². The van der Waals surface area contributed by atoms with Gasteiger partial charge in [-0.3, -0.25) is 0 Å². The zero-order valence-corrected chi connectivity index (χ0v) is 12.8. The number of nitrogens with zero attached hydrogens (tertiary/aromatic N) is 1. The molecule has 22 heavy (non-hydrogen) atoms. The average Bonchev–Trinajstić information content (AvgIpc) is 2.59. The molecule has 0 atom stereocenters. The Hall–Kier alpha value is -2.93. The molecule has 0 radical (unpaired) electrons. The monoisotopic (exact) mass is 295 g/mol. The predicted octanol–water partition coefficient (Wildman–Crippen LogP) is 3.78. The zero-order valence-electron chi connectivity index (χ0n) is 12.8. The first-order valence-corrected chi connectivity index (χ1v) is 6.70. The second kappa shape index (κ2) is 7.19. The maximum absolute atomic E-state index is 9.46. The lowest BCUT2D eigenvalue weighted by atomic mass is 10.0. The molecule has 2 aromatic rings. The molecule has 2 rings (SSSR count). The van der Waals surface area contributed by atoms with Crippen molar-refractivity contribution in [3.05, 3.63) is 53.6 Å². The van der Waals surface area contributed by atoms with E-state index < -0.39 is 0 Å². The molecule has 2 aromatic carbocycles. The highest BCUT2D eigenvalue weighted by molar-refractivity contribution is 5.91. The van der Waals surface area contributed by atoms with Crippen molar-refractivity contribution in [2.24, 2.45) is 0 Å². The number of nitriles is 1. The van der Waals surface area contributed by atoms with Crippen molar-refractivity contribution in [1.82, 2.24) is 0 Å². The lowest BCUT2D eigenvalue weighted by Crippen LogP contribution is -1.92. The summed E-state index contributed by atoms with van der Waals surface area (Å²) >= 11 is 0. The van der Waals surface area contributed by atoms with E-state index in [1.54, 1.807) is 39.5 Å². The van der Waals surface area contributed by atoms with Crippen LogP contribution in [0.25, 0.3) is 11.6 Å². The third kappa shape index (κ3) is 3.21. The van der Waals surface area contributed by atoms with Crippen LogP contribution in [0.15, 0.2) is 42.5 Å². The summed E-state index contributed by atoms with van der Waals surface area (Å²) in [6.45, 7) is 0. The summed E-state index contributed by atoms with van der Waals surface area (Å²) < 4.78 is 15.8. The van der Waals surface area contributed by atoms with Gasteiger partial charge in [-0.05, 0) is 35.9 Å². The Bertz CT molecular complexity index is 729. The number of allylic oxidation sites excluding steroid dienone is 1. The minimum atomic E-state index is 0.519. The first-order valence-electron chi connectivity index (χ1n) is 6.70. The Labute approximate surface area is 130 Å². The van der Waals surface area contributed by atoms with Gasteiger partial charge in [-0.15, -0.1) is 0 Å². The van der Waals surface area contributed by atoms with E-state index in [0.29, 0.717) is 17.1 Å². The van der Waals surface area contributed by atoms with Crippen LogP contribution in [0.3, 0.4) is 0 Å². The Morgan fingerprint density at radius 2 is 1.59 bits per heavy atom. The largest absolute Gasteiger partial charge is 0.496 e. The fourth-order valence-electron chi connectivity index (χ4n) is 2.13. The lowest BCUT2D eigenvalue weighted by Gasteiger charge is -2.09. The molecule has 4 heteroatoms. The molecule has 0 saturated carbocycles. The van der Waals surface area contributed by atoms with Crippen LogP contribution < -0.4 is 14.2 Å². The Balaban J connectivity index is 2.48.